The van der Waals surface area contributed by atoms with Crippen molar-refractivity contribution in [1.29, 1.82) is 0 Å². The minimum absolute atomic E-state index is 0.0282. The molecule has 0 unspecified atom stereocenters. The van der Waals surface area contributed by atoms with Crippen LogP contribution in [0.4, 0.5) is 5.69 Å². The fraction of sp³-hybridized carbons (Fsp3) is 0.269. The number of aliphatic hydroxyl groups is 1. The maximum absolute atomic E-state index is 13.2. The number of benzene rings is 3. The van der Waals surface area contributed by atoms with Gasteiger partial charge in [-0.2, -0.15) is 0 Å². The van der Waals surface area contributed by atoms with Crippen LogP contribution in [0, 0.1) is 0 Å². The summed E-state index contributed by atoms with van der Waals surface area (Å²) in [4.78, 5) is 11.6. The number of carbonyl (C=O) groups is 1. The van der Waals surface area contributed by atoms with Crippen molar-refractivity contribution in [3.05, 3.63) is 71.8 Å². The van der Waals surface area contributed by atoms with E-state index >= 15 is 0 Å². The highest BCUT2D eigenvalue weighted by atomic mass is 32.2. The zero-order chi connectivity index (χ0) is 26.5. The number of hydrogen-bond acceptors (Lipinski definition) is 8. The fourth-order valence-electron chi connectivity index (χ4n) is 3.28. The molecule has 0 fully saturated rings. The normalized spacial score (nSPS) is 11.6. The topological polar surface area (TPSA) is 134 Å². The summed E-state index contributed by atoms with van der Waals surface area (Å²) >= 11 is 0. The number of carboxylic acid groups (broad SMARTS) is 1. The van der Waals surface area contributed by atoms with E-state index in [0.29, 0.717) is 5.75 Å². The number of hydrogen-bond donors (Lipinski definition) is 2. The maximum atomic E-state index is 13.2. The van der Waals surface area contributed by atoms with Crippen LogP contribution in [0.1, 0.15) is 36.7 Å². The van der Waals surface area contributed by atoms with Crippen LogP contribution in [-0.2, 0) is 15.4 Å². The van der Waals surface area contributed by atoms with Crippen molar-refractivity contribution in [2.45, 2.75) is 31.1 Å². The Bertz CT molecular complexity index is 1330. The first-order valence-electron chi connectivity index (χ1n) is 11.0. The molecule has 0 aliphatic carbocycles. The van der Waals surface area contributed by atoms with Gasteiger partial charge in [-0.05, 0) is 47.4 Å². The summed E-state index contributed by atoms with van der Waals surface area (Å²) in [5.74, 6) is -0.991. The Labute approximate surface area is 210 Å². The molecular formula is C26H28NO8S-. The van der Waals surface area contributed by atoms with Crippen molar-refractivity contribution >= 4 is 21.7 Å². The monoisotopic (exact) mass is 514 g/mol. The highest BCUT2D eigenvalue weighted by Crippen LogP contribution is 2.41. The van der Waals surface area contributed by atoms with E-state index in [2.05, 4.69) is 4.72 Å². The average Bonchev–Trinajstić information content (AvgIpc) is 2.83. The Balaban J connectivity index is 2.10. The van der Waals surface area contributed by atoms with Gasteiger partial charge in [0.15, 0.2) is 11.5 Å². The van der Waals surface area contributed by atoms with Crippen LogP contribution in [0.2, 0.25) is 0 Å². The lowest BCUT2D eigenvalue weighted by Crippen LogP contribution is -2.23. The Hall–Kier alpha value is -3.76. The van der Waals surface area contributed by atoms with Gasteiger partial charge in [-0.15, -0.1) is 0 Å². The van der Waals surface area contributed by atoms with E-state index < -0.39 is 16.0 Å². The summed E-state index contributed by atoms with van der Waals surface area (Å²) in [7, 11) is -2.68. The molecule has 0 amide bonds. The number of ether oxygens (including phenoxy) is 3. The molecule has 3 aromatic rings. The van der Waals surface area contributed by atoms with Gasteiger partial charge in [0, 0.05) is 11.6 Å². The van der Waals surface area contributed by atoms with Gasteiger partial charge in [0.25, 0.3) is 10.0 Å². The Morgan fingerprint density at radius 1 is 1.03 bits per heavy atom. The van der Waals surface area contributed by atoms with Crippen molar-refractivity contribution < 1.29 is 37.6 Å². The van der Waals surface area contributed by atoms with Crippen LogP contribution in [0.15, 0.2) is 65.6 Å². The van der Waals surface area contributed by atoms with E-state index in [1.165, 1.54) is 19.2 Å². The molecule has 0 atom stereocenters. The SMILES string of the molecule is COc1cccc(Oc2c(NS(=O)(=O)c3ccc(C(C)(C)C)cc3)cc(C(=O)[O-])cc2OCCO)c1. The summed E-state index contributed by atoms with van der Waals surface area (Å²) in [5.41, 5.74) is 0.242. The first-order chi connectivity index (χ1) is 16.9. The summed E-state index contributed by atoms with van der Waals surface area (Å²) in [6, 6.07) is 15.1. The Morgan fingerprint density at radius 2 is 1.69 bits per heavy atom. The molecule has 2 N–H and O–H groups in total. The Kier molecular flexibility index (Phi) is 8.11. The van der Waals surface area contributed by atoms with E-state index in [0.717, 1.165) is 17.7 Å². The number of methoxy groups -OCH3 is 1. The van der Waals surface area contributed by atoms with Crippen LogP contribution in [-0.4, -0.2) is 39.8 Å². The van der Waals surface area contributed by atoms with Gasteiger partial charge >= 0.3 is 0 Å². The van der Waals surface area contributed by atoms with Crippen LogP contribution >= 0.6 is 0 Å². The van der Waals surface area contributed by atoms with Crippen LogP contribution in [0.3, 0.4) is 0 Å². The van der Waals surface area contributed by atoms with Crippen molar-refractivity contribution in [3.8, 4) is 23.0 Å². The average molecular weight is 515 g/mol. The third-order valence-electron chi connectivity index (χ3n) is 5.18. The fourth-order valence-corrected chi connectivity index (χ4v) is 4.34. The predicted octanol–water partition coefficient (Wildman–Crippen LogP) is 3.32. The molecular weight excluding hydrogens is 486 g/mol. The van der Waals surface area contributed by atoms with Crippen LogP contribution in [0.5, 0.6) is 23.0 Å². The molecule has 0 aliphatic heterocycles. The molecule has 0 radical (unpaired) electrons. The number of aromatic carboxylic acids is 1. The summed E-state index contributed by atoms with van der Waals surface area (Å²) < 4.78 is 45.5. The zero-order valence-corrected chi connectivity index (χ0v) is 21.2. The second-order valence-electron chi connectivity index (χ2n) is 8.87. The standard InChI is InChI=1S/C26H29NO8S/c1-26(2,3)18-8-10-21(11-9-18)36(31,32)27-22-14-17(25(29)30)15-23(34-13-12-28)24(22)35-20-7-5-6-19(16-20)33-4/h5-11,14-16,27-28H,12-13H2,1-4H3,(H,29,30)/p-1. The van der Waals surface area contributed by atoms with Crippen LogP contribution in [0.25, 0.3) is 0 Å². The van der Waals surface area contributed by atoms with Gasteiger partial charge < -0.3 is 29.2 Å². The molecule has 0 aliphatic rings. The van der Waals surface area contributed by atoms with E-state index in [1.54, 1.807) is 36.4 Å². The van der Waals surface area contributed by atoms with Gasteiger partial charge in [-0.25, -0.2) is 8.42 Å². The summed E-state index contributed by atoms with van der Waals surface area (Å²) in [6.45, 7) is 5.48. The van der Waals surface area contributed by atoms with Crippen LogP contribution < -0.4 is 24.0 Å². The molecule has 36 heavy (non-hydrogen) atoms. The minimum atomic E-state index is -4.16. The van der Waals surface area contributed by atoms with Gasteiger partial charge in [-0.3, -0.25) is 4.72 Å². The summed E-state index contributed by atoms with van der Waals surface area (Å²) in [5, 5.41) is 20.9. The number of aliphatic hydroxyl groups excluding tert-OH is 1. The quantitative estimate of drug-likeness (QED) is 0.421. The highest BCUT2D eigenvalue weighted by molar-refractivity contribution is 7.92. The second kappa shape index (κ2) is 10.9. The third-order valence-corrected chi connectivity index (χ3v) is 6.56. The van der Waals surface area contributed by atoms with Crippen molar-refractivity contribution in [3.63, 3.8) is 0 Å². The Morgan fingerprint density at radius 3 is 2.28 bits per heavy atom. The van der Waals surface area contributed by atoms with Gasteiger partial charge in [0.1, 0.15) is 18.1 Å². The number of nitrogens with one attached hydrogen (secondary N) is 1. The molecule has 10 heteroatoms. The molecule has 9 nitrogen and oxygen atoms in total. The van der Waals surface area contributed by atoms with Crippen molar-refractivity contribution in [2.75, 3.05) is 25.0 Å². The van der Waals surface area contributed by atoms with E-state index in [1.807, 2.05) is 20.8 Å². The van der Waals surface area contributed by atoms with Crippen molar-refractivity contribution in [2.24, 2.45) is 0 Å². The molecule has 0 heterocycles. The number of carbonyl (C=O) groups excluding carboxylic acids is 1. The molecule has 192 valence electrons. The lowest BCUT2D eigenvalue weighted by atomic mass is 9.87. The summed E-state index contributed by atoms with van der Waals surface area (Å²) in [6.07, 6.45) is 0. The third kappa shape index (κ3) is 6.46. The molecule has 0 spiro atoms. The van der Waals surface area contributed by atoms with E-state index in [9.17, 15) is 23.4 Å². The zero-order valence-electron chi connectivity index (χ0n) is 20.4. The van der Waals surface area contributed by atoms with E-state index in [4.69, 9.17) is 14.2 Å². The van der Waals surface area contributed by atoms with Gasteiger partial charge in [0.05, 0.1) is 30.3 Å². The molecule has 0 bridgehead atoms. The van der Waals surface area contributed by atoms with Gasteiger partial charge in [0.2, 0.25) is 0 Å². The minimum Gasteiger partial charge on any atom is -0.545 e. The lowest BCUT2D eigenvalue weighted by molar-refractivity contribution is -0.255. The maximum Gasteiger partial charge on any atom is 0.262 e. The second-order valence-corrected chi connectivity index (χ2v) is 10.6. The van der Waals surface area contributed by atoms with Gasteiger partial charge in [-0.1, -0.05) is 39.0 Å². The number of rotatable bonds is 10. The molecule has 3 rings (SSSR count). The first-order valence-corrected chi connectivity index (χ1v) is 12.5. The predicted molar refractivity (Wildman–Crippen MR) is 132 cm³/mol. The largest absolute Gasteiger partial charge is 0.545 e. The number of carboxylic acids is 1. The molecule has 0 aromatic heterocycles. The lowest BCUT2D eigenvalue weighted by Gasteiger charge is -2.20. The molecule has 0 saturated heterocycles. The van der Waals surface area contributed by atoms with Crippen molar-refractivity contribution in [1.82, 2.24) is 0 Å². The first kappa shape index (κ1) is 26.8. The number of sulfonamides is 1. The molecule has 0 saturated carbocycles. The number of anilines is 1. The smallest absolute Gasteiger partial charge is 0.262 e. The highest BCUT2D eigenvalue weighted by Gasteiger charge is 2.23. The van der Waals surface area contributed by atoms with E-state index in [-0.39, 0.29) is 52.0 Å². The molecule has 3 aromatic carbocycles.